The molecule has 2 rings (SSSR count). The van der Waals surface area contributed by atoms with Crippen molar-refractivity contribution < 1.29 is 9.18 Å². The highest BCUT2D eigenvalue weighted by molar-refractivity contribution is 5.85. The van der Waals surface area contributed by atoms with Gasteiger partial charge < -0.3 is 10.6 Å². The summed E-state index contributed by atoms with van der Waals surface area (Å²) in [6.45, 7) is 2.98. The molecule has 0 fully saturated rings. The quantitative estimate of drug-likeness (QED) is 0.853. The Kier molecular flexibility index (Phi) is 7.01. The fourth-order valence-corrected chi connectivity index (χ4v) is 1.92. The molecule has 0 saturated heterocycles. The van der Waals surface area contributed by atoms with E-state index in [1.165, 1.54) is 12.1 Å². The maximum atomic E-state index is 12.9. The van der Waals surface area contributed by atoms with Crippen molar-refractivity contribution in [3.05, 3.63) is 47.5 Å². The molecule has 120 valence electrons. The summed E-state index contributed by atoms with van der Waals surface area (Å²) < 4.78 is 14.6. The van der Waals surface area contributed by atoms with Gasteiger partial charge in [0.25, 0.3) is 0 Å². The van der Waals surface area contributed by atoms with Crippen LogP contribution in [0.1, 0.15) is 17.7 Å². The van der Waals surface area contributed by atoms with Gasteiger partial charge in [-0.15, -0.1) is 12.4 Å². The van der Waals surface area contributed by atoms with Gasteiger partial charge in [-0.05, 0) is 38.2 Å². The molecule has 0 aliphatic rings. The lowest BCUT2D eigenvalue weighted by atomic mass is 10.2. The highest BCUT2D eigenvalue weighted by Crippen LogP contribution is 2.12. The summed E-state index contributed by atoms with van der Waals surface area (Å²) in [7, 11) is 1.81. The number of aromatic nitrogens is 2. The summed E-state index contributed by atoms with van der Waals surface area (Å²) in [5.41, 5.74) is 2.57. The Hall–Kier alpha value is -1.92. The number of carbonyl (C=O) groups is 1. The zero-order valence-corrected chi connectivity index (χ0v) is 13.4. The van der Waals surface area contributed by atoms with Gasteiger partial charge in [-0.25, -0.2) is 9.07 Å². The summed E-state index contributed by atoms with van der Waals surface area (Å²) in [5.74, 6) is -0.280. The molecule has 5 nitrogen and oxygen atoms in total. The predicted molar refractivity (Wildman–Crippen MR) is 85.9 cm³/mol. The maximum Gasteiger partial charge on any atom is 0.221 e. The Morgan fingerprint density at radius 3 is 2.64 bits per heavy atom. The molecule has 0 aliphatic carbocycles. The molecule has 22 heavy (non-hydrogen) atoms. The summed E-state index contributed by atoms with van der Waals surface area (Å²) in [6, 6.07) is 6.12. The van der Waals surface area contributed by atoms with E-state index in [1.54, 1.807) is 16.8 Å². The molecular formula is C15H20ClFN4O. The van der Waals surface area contributed by atoms with E-state index in [9.17, 15) is 9.18 Å². The van der Waals surface area contributed by atoms with Crippen LogP contribution in [0.15, 0.2) is 30.5 Å². The molecule has 2 aromatic rings. The van der Waals surface area contributed by atoms with E-state index in [2.05, 4.69) is 15.7 Å². The van der Waals surface area contributed by atoms with E-state index >= 15 is 0 Å². The van der Waals surface area contributed by atoms with Crippen molar-refractivity contribution in [3.8, 4) is 5.69 Å². The molecule has 1 heterocycles. The molecule has 1 aromatic carbocycles. The van der Waals surface area contributed by atoms with Crippen molar-refractivity contribution in [1.29, 1.82) is 0 Å². The molecule has 0 bridgehead atoms. The second-order valence-electron chi connectivity index (χ2n) is 4.79. The molecule has 1 amide bonds. The van der Waals surface area contributed by atoms with Gasteiger partial charge in [0, 0.05) is 31.3 Å². The first-order chi connectivity index (χ1) is 10.1. The van der Waals surface area contributed by atoms with E-state index in [0.717, 1.165) is 16.9 Å². The first kappa shape index (κ1) is 18.1. The van der Waals surface area contributed by atoms with Gasteiger partial charge in [-0.3, -0.25) is 4.79 Å². The van der Waals surface area contributed by atoms with E-state index in [0.29, 0.717) is 19.5 Å². The van der Waals surface area contributed by atoms with E-state index in [4.69, 9.17) is 0 Å². The third-order valence-electron chi connectivity index (χ3n) is 3.17. The third kappa shape index (κ3) is 4.82. The summed E-state index contributed by atoms with van der Waals surface area (Å²) >= 11 is 0. The van der Waals surface area contributed by atoms with Crippen molar-refractivity contribution in [2.75, 3.05) is 13.6 Å². The number of carbonyl (C=O) groups excluding carboxylic acids is 1. The van der Waals surface area contributed by atoms with Crippen molar-refractivity contribution in [2.45, 2.75) is 19.9 Å². The van der Waals surface area contributed by atoms with Crippen LogP contribution >= 0.6 is 12.4 Å². The van der Waals surface area contributed by atoms with Crippen molar-refractivity contribution >= 4 is 18.3 Å². The zero-order valence-electron chi connectivity index (χ0n) is 12.6. The van der Waals surface area contributed by atoms with Crippen LogP contribution in [0, 0.1) is 12.7 Å². The Morgan fingerprint density at radius 1 is 1.32 bits per heavy atom. The third-order valence-corrected chi connectivity index (χ3v) is 3.17. The molecule has 0 unspecified atom stereocenters. The lowest BCUT2D eigenvalue weighted by Gasteiger charge is -2.03. The number of amides is 1. The van der Waals surface area contributed by atoms with E-state index < -0.39 is 0 Å². The number of rotatable bonds is 6. The van der Waals surface area contributed by atoms with Gasteiger partial charge in [-0.1, -0.05) is 0 Å². The standard InChI is InChI=1S/C15H19FN4O.ClH/c1-11-12(9-18-15(21)7-8-17-2)10-20(19-11)14-5-3-13(16)4-6-14;/h3-6,10,17H,7-9H2,1-2H3,(H,18,21);1H. The predicted octanol–water partition coefficient (Wildman–Crippen LogP) is 1.97. The monoisotopic (exact) mass is 326 g/mol. The molecule has 0 radical (unpaired) electrons. The minimum absolute atomic E-state index is 0. The highest BCUT2D eigenvalue weighted by atomic mass is 35.5. The smallest absolute Gasteiger partial charge is 0.221 e. The van der Waals surface area contributed by atoms with Gasteiger partial charge >= 0.3 is 0 Å². The van der Waals surface area contributed by atoms with Gasteiger partial charge in [0.2, 0.25) is 5.91 Å². The zero-order chi connectivity index (χ0) is 15.2. The van der Waals surface area contributed by atoms with Crippen molar-refractivity contribution in [1.82, 2.24) is 20.4 Å². The normalized spacial score (nSPS) is 10.1. The second kappa shape index (κ2) is 8.51. The van der Waals surface area contributed by atoms with Gasteiger partial charge in [0.15, 0.2) is 0 Å². The molecular weight excluding hydrogens is 307 g/mol. The van der Waals surface area contributed by atoms with Gasteiger partial charge in [0.05, 0.1) is 11.4 Å². The summed E-state index contributed by atoms with van der Waals surface area (Å²) in [6.07, 6.45) is 2.29. The SMILES string of the molecule is CNCCC(=O)NCc1cn(-c2ccc(F)cc2)nc1C.Cl. The highest BCUT2D eigenvalue weighted by Gasteiger charge is 2.08. The summed E-state index contributed by atoms with van der Waals surface area (Å²) in [5, 5.41) is 10.2. The number of aryl methyl sites for hydroxylation is 1. The number of hydrogen-bond acceptors (Lipinski definition) is 3. The largest absolute Gasteiger partial charge is 0.352 e. The molecule has 1 aromatic heterocycles. The van der Waals surface area contributed by atoms with E-state index in [-0.39, 0.29) is 24.1 Å². The Balaban J connectivity index is 0.00000242. The molecule has 7 heteroatoms. The molecule has 0 spiro atoms. The average Bonchev–Trinajstić information content (AvgIpc) is 2.85. The molecule has 0 saturated carbocycles. The number of hydrogen-bond donors (Lipinski definition) is 2. The first-order valence-corrected chi connectivity index (χ1v) is 6.82. The van der Waals surface area contributed by atoms with Crippen LogP contribution in [0.5, 0.6) is 0 Å². The molecule has 0 aliphatic heterocycles. The van der Waals surface area contributed by atoms with Crippen molar-refractivity contribution in [3.63, 3.8) is 0 Å². The minimum Gasteiger partial charge on any atom is -0.352 e. The fraction of sp³-hybridized carbons (Fsp3) is 0.333. The summed E-state index contributed by atoms with van der Waals surface area (Å²) in [4.78, 5) is 11.6. The Labute approximate surface area is 135 Å². The second-order valence-corrected chi connectivity index (χ2v) is 4.79. The number of benzene rings is 1. The fourth-order valence-electron chi connectivity index (χ4n) is 1.92. The topological polar surface area (TPSA) is 59.0 Å². The van der Waals surface area contributed by atoms with Crippen LogP contribution in [-0.2, 0) is 11.3 Å². The van der Waals surface area contributed by atoms with E-state index in [1.807, 2.05) is 20.2 Å². The maximum absolute atomic E-state index is 12.9. The minimum atomic E-state index is -0.278. The van der Waals surface area contributed by atoms with Crippen LogP contribution < -0.4 is 10.6 Å². The average molecular weight is 327 g/mol. The van der Waals surface area contributed by atoms with Crippen LogP contribution in [-0.4, -0.2) is 29.3 Å². The van der Waals surface area contributed by atoms with Crippen LogP contribution in [0.3, 0.4) is 0 Å². The Bertz CT molecular complexity index is 613. The van der Waals surface area contributed by atoms with Gasteiger partial charge in [-0.2, -0.15) is 5.10 Å². The first-order valence-electron chi connectivity index (χ1n) is 6.82. The molecule has 2 N–H and O–H groups in total. The number of nitrogens with one attached hydrogen (secondary N) is 2. The Morgan fingerprint density at radius 2 is 2.00 bits per heavy atom. The van der Waals surface area contributed by atoms with Crippen LogP contribution in [0.25, 0.3) is 5.69 Å². The van der Waals surface area contributed by atoms with Gasteiger partial charge in [0.1, 0.15) is 5.82 Å². The van der Waals surface area contributed by atoms with Crippen LogP contribution in [0.4, 0.5) is 4.39 Å². The lowest BCUT2D eigenvalue weighted by Crippen LogP contribution is -2.26. The van der Waals surface area contributed by atoms with Crippen molar-refractivity contribution in [2.24, 2.45) is 0 Å². The van der Waals surface area contributed by atoms with Crippen LogP contribution in [0.2, 0.25) is 0 Å². The number of halogens is 2. The molecule has 0 atom stereocenters. The number of nitrogens with zero attached hydrogens (tertiary/aromatic N) is 2. The lowest BCUT2D eigenvalue weighted by molar-refractivity contribution is -0.121.